The van der Waals surface area contributed by atoms with Crippen molar-refractivity contribution in [1.82, 2.24) is 0 Å². The van der Waals surface area contributed by atoms with Gasteiger partial charge in [0, 0.05) is 6.08 Å². The average molecular weight is 186 g/mol. The average Bonchev–Trinajstić information content (AvgIpc) is 2.31. The quantitative estimate of drug-likeness (QED) is 0.570. The molecule has 1 aliphatic rings. The second-order valence-electron chi connectivity index (χ2n) is 2.52. The van der Waals surface area contributed by atoms with Crippen LogP contribution in [-0.4, -0.2) is 33.7 Å². The zero-order valence-electron chi connectivity index (χ0n) is 6.39. The molecule has 0 spiro atoms. The molecule has 0 fully saturated rings. The number of cyclic esters (lactones) is 1. The summed E-state index contributed by atoms with van der Waals surface area (Å²) >= 11 is 0. The van der Waals surface area contributed by atoms with Gasteiger partial charge >= 0.3 is 17.9 Å². The highest BCUT2D eigenvalue weighted by molar-refractivity contribution is 5.96. The molecule has 70 valence electrons. The van der Waals surface area contributed by atoms with Gasteiger partial charge in [-0.25, -0.2) is 9.59 Å². The number of aliphatic carboxylic acids is 2. The van der Waals surface area contributed by atoms with Crippen molar-refractivity contribution in [3.05, 3.63) is 12.2 Å². The number of hydrogen-bond donors (Lipinski definition) is 2. The molecule has 1 heterocycles. The molecule has 0 aromatic heterocycles. The summed E-state index contributed by atoms with van der Waals surface area (Å²) in [4.78, 5) is 31.5. The third-order valence-corrected chi connectivity index (χ3v) is 1.55. The largest absolute Gasteiger partial charge is 0.481 e. The molecule has 0 aliphatic carbocycles. The Morgan fingerprint density at radius 1 is 1.46 bits per heavy atom. The Bertz CT molecular complexity index is 304. The molecule has 0 aromatic carbocycles. The van der Waals surface area contributed by atoms with E-state index in [1.54, 1.807) is 0 Å². The Morgan fingerprint density at radius 3 is 2.38 bits per heavy atom. The van der Waals surface area contributed by atoms with Crippen LogP contribution in [0.15, 0.2) is 12.2 Å². The molecule has 6 nitrogen and oxygen atoms in total. The van der Waals surface area contributed by atoms with Gasteiger partial charge in [0.2, 0.25) is 5.60 Å². The summed E-state index contributed by atoms with van der Waals surface area (Å²) in [5.74, 6) is -3.68. The Kier molecular flexibility index (Phi) is 2.05. The number of rotatable bonds is 3. The van der Waals surface area contributed by atoms with Gasteiger partial charge in [-0.05, 0) is 6.08 Å². The van der Waals surface area contributed by atoms with Crippen LogP contribution in [0.1, 0.15) is 6.42 Å². The Balaban J connectivity index is 2.91. The molecule has 1 aliphatic heterocycles. The first-order chi connectivity index (χ1) is 5.96. The molecule has 0 saturated heterocycles. The van der Waals surface area contributed by atoms with E-state index >= 15 is 0 Å². The fourth-order valence-electron chi connectivity index (χ4n) is 0.960. The fourth-order valence-corrected chi connectivity index (χ4v) is 0.960. The monoisotopic (exact) mass is 186 g/mol. The van der Waals surface area contributed by atoms with Crippen molar-refractivity contribution in [3.63, 3.8) is 0 Å². The topological polar surface area (TPSA) is 101 Å². The van der Waals surface area contributed by atoms with Crippen molar-refractivity contribution >= 4 is 17.9 Å². The number of carbonyl (C=O) groups is 3. The van der Waals surface area contributed by atoms with E-state index in [9.17, 15) is 14.4 Å². The summed E-state index contributed by atoms with van der Waals surface area (Å²) in [6.45, 7) is 0. The van der Waals surface area contributed by atoms with Crippen LogP contribution in [0.5, 0.6) is 0 Å². The van der Waals surface area contributed by atoms with Crippen LogP contribution in [0.25, 0.3) is 0 Å². The van der Waals surface area contributed by atoms with E-state index < -0.39 is 29.9 Å². The van der Waals surface area contributed by atoms with E-state index in [4.69, 9.17) is 10.2 Å². The second kappa shape index (κ2) is 2.89. The normalized spacial score (nSPS) is 25.7. The Hall–Kier alpha value is -1.85. The SMILES string of the molecule is O=C(O)CC1(C(=O)O)C=CC(=O)O1. The second-order valence-corrected chi connectivity index (χ2v) is 2.52. The molecular formula is C7H6O6. The van der Waals surface area contributed by atoms with E-state index in [1.165, 1.54) is 0 Å². The summed E-state index contributed by atoms with van der Waals surface area (Å²) in [6.07, 6.45) is 1.06. The van der Waals surface area contributed by atoms with Crippen molar-refractivity contribution in [2.75, 3.05) is 0 Å². The van der Waals surface area contributed by atoms with Gasteiger partial charge in [0.05, 0.1) is 0 Å². The van der Waals surface area contributed by atoms with Crippen LogP contribution in [0.3, 0.4) is 0 Å². The molecule has 0 saturated carbocycles. The summed E-state index contributed by atoms with van der Waals surface area (Å²) in [5, 5.41) is 17.0. The van der Waals surface area contributed by atoms with Crippen LogP contribution < -0.4 is 0 Å². The predicted molar refractivity (Wildman–Crippen MR) is 37.9 cm³/mol. The molecule has 0 aromatic rings. The van der Waals surface area contributed by atoms with Gasteiger partial charge in [-0.3, -0.25) is 4.79 Å². The molecular weight excluding hydrogens is 180 g/mol. The molecule has 0 radical (unpaired) electrons. The van der Waals surface area contributed by atoms with E-state index in [0.717, 1.165) is 12.2 Å². The first kappa shape index (κ1) is 9.24. The highest BCUT2D eigenvalue weighted by Crippen LogP contribution is 2.24. The highest BCUT2D eigenvalue weighted by atomic mass is 16.6. The number of carbonyl (C=O) groups excluding carboxylic acids is 1. The van der Waals surface area contributed by atoms with Crippen molar-refractivity contribution in [3.8, 4) is 0 Å². The van der Waals surface area contributed by atoms with Crippen LogP contribution in [0.4, 0.5) is 0 Å². The van der Waals surface area contributed by atoms with E-state index in [0.29, 0.717) is 0 Å². The van der Waals surface area contributed by atoms with Crippen molar-refractivity contribution in [2.45, 2.75) is 12.0 Å². The predicted octanol–water partition coefficient (Wildman–Crippen LogP) is -0.602. The number of ether oxygens (including phenoxy) is 1. The molecule has 1 unspecified atom stereocenters. The summed E-state index contributed by atoms with van der Waals surface area (Å²) in [5.41, 5.74) is -2.02. The van der Waals surface area contributed by atoms with Gasteiger partial charge in [-0.1, -0.05) is 0 Å². The molecule has 13 heavy (non-hydrogen) atoms. The Labute approximate surface area is 72.4 Å². The van der Waals surface area contributed by atoms with Gasteiger partial charge in [0.25, 0.3) is 0 Å². The molecule has 0 bridgehead atoms. The van der Waals surface area contributed by atoms with Crippen LogP contribution in [0, 0.1) is 0 Å². The van der Waals surface area contributed by atoms with Crippen molar-refractivity contribution < 1.29 is 29.3 Å². The summed E-state index contributed by atoms with van der Waals surface area (Å²) in [6, 6.07) is 0. The van der Waals surface area contributed by atoms with E-state index in [1.807, 2.05) is 0 Å². The van der Waals surface area contributed by atoms with E-state index in [2.05, 4.69) is 4.74 Å². The van der Waals surface area contributed by atoms with Crippen molar-refractivity contribution in [2.24, 2.45) is 0 Å². The van der Waals surface area contributed by atoms with Crippen LogP contribution in [0.2, 0.25) is 0 Å². The highest BCUT2D eigenvalue weighted by Gasteiger charge is 2.45. The first-order valence-corrected chi connectivity index (χ1v) is 3.34. The lowest BCUT2D eigenvalue weighted by Crippen LogP contribution is -2.40. The van der Waals surface area contributed by atoms with Crippen molar-refractivity contribution in [1.29, 1.82) is 0 Å². The molecule has 1 rings (SSSR count). The summed E-state index contributed by atoms with van der Waals surface area (Å²) < 4.78 is 4.39. The first-order valence-electron chi connectivity index (χ1n) is 3.34. The van der Waals surface area contributed by atoms with E-state index in [-0.39, 0.29) is 0 Å². The maximum Gasteiger partial charge on any atom is 0.352 e. The maximum absolute atomic E-state index is 10.6. The maximum atomic E-state index is 10.6. The lowest BCUT2D eigenvalue weighted by molar-refractivity contribution is -0.170. The minimum atomic E-state index is -2.02. The van der Waals surface area contributed by atoms with Crippen LogP contribution in [-0.2, 0) is 19.1 Å². The molecule has 6 heteroatoms. The molecule has 1 atom stereocenters. The summed E-state index contributed by atoms with van der Waals surface area (Å²) in [7, 11) is 0. The van der Waals surface area contributed by atoms with Gasteiger partial charge < -0.3 is 14.9 Å². The zero-order chi connectivity index (χ0) is 10.1. The number of carboxylic acids is 2. The lowest BCUT2D eigenvalue weighted by atomic mass is 10.0. The van der Waals surface area contributed by atoms with Gasteiger partial charge in [-0.2, -0.15) is 0 Å². The van der Waals surface area contributed by atoms with Gasteiger partial charge in [-0.15, -0.1) is 0 Å². The fraction of sp³-hybridized carbons (Fsp3) is 0.286. The number of hydrogen-bond acceptors (Lipinski definition) is 4. The lowest BCUT2D eigenvalue weighted by Gasteiger charge is -2.18. The molecule has 0 amide bonds. The van der Waals surface area contributed by atoms with Gasteiger partial charge in [0.1, 0.15) is 6.42 Å². The third kappa shape index (κ3) is 1.66. The van der Waals surface area contributed by atoms with Crippen LogP contribution >= 0.6 is 0 Å². The smallest absolute Gasteiger partial charge is 0.352 e. The number of carboxylic acid groups (broad SMARTS) is 2. The standard InChI is InChI=1S/C7H6O6/c8-4(9)3-7(6(11)12)2-1-5(10)13-7/h1-2H,3H2,(H,8,9)(H,11,12). The Morgan fingerprint density at radius 2 is 2.08 bits per heavy atom. The minimum absolute atomic E-state index is 0.773. The zero-order valence-corrected chi connectivity index (χ0v) is 6.39. The third-order valence-electron chi connectivity index (χ3n) is 1.55. The minimum Gasteiger partial charge on any atom is -0.481 e. The van der Waals surface area contributed by atoms with Gasteiger partial charge in [0.15, 0.2) is 0 Å². The molecule has 2 N–H and O–H groups in total. The number of esters is 1.